The van der Waals surface area contributed by atoms with Gasteiger partial charge < -0.3 is 14.7 Å². The van der Waals surface area contributed by atoms with Crippen LogP contribution < -0.4 is 5.32 Å². The van der Waals surface area contributed by atoms with E-state index in [4.69, 9.17) is 4.52 Å². The van der Waals surface area contributed by atoms with Crippen LogP contribution in [0.2, 0.25) is 0 Å². The number of hydrogen-bond donors (Lipinski definition) is 1. The van der Waals surface area contributed by atoms with E-state index in [0.29, 0.717) is 0 Å². The maximum Gasteiger partial charge on any atom is 0.193 e. The fourth-order valence-electron chi connectivity index (χ4n) is 3.35. The molecule has 0 spiro atoms. The first-order chi connectivity index (χ1) is 13.3. The smallest absolute Gasteiger partial charge is 0.193 e. The molecule has 10 heteroatoms. The average Bonchev–Trinajstić information content (AvgIpc) is 3.36. The number of halogens is 1. The Morgan fingerprint density at radius 1 is 1.18 bits per heavy atom. The molecule has 0 radical (unpaired) electrons. The molecule has 0 unspecified atom stereocenters. The Morgan fingerprint density at radius 2 is 2.04 bits per heavy atom. The van der Waals surface area contributed by atoms with Gasteiger partial charge in [-0.15, -0.1) is 34.2 Å². The summed E-state index contributed by atoms with van der Waals surface area (Å²) in [5.74, 6) is 1.89. The quantitative estimate of drug-likeness (QED) is 0.324. The highest BCUT2D eigenvalue weighted by Crippen LogP contribution is 2.07. The number of fused-ring (bicyclic) bond motifs is 1. The van der Waals surface area contributed by atoms with Crippen LogP contribution in [0.5, 0.6) is 0 Å². The van der Waals surface area contributed by atoms with Gasteiger partial charge in [-0.05, 0) is 12.1 Å². The first kappa shape index (κ1) is 20.5. The summed E-state index contributed by atoms with van der Waals surface area (Å²) in [6.07, 6.45) is 4.40. The third-order valence-corrected chi connectivity index (χ3v) is 4.78. The van der Waals surface area contributed by atoms with Gasteiger partial charge in [0.2, 0.25) is 0 Å². The van der Waals surface area contributed by atoms with Crippen molar-refractivity contribution in [1.82, 2.24) is 34.9 Å². The molecule has 0 atom stereocenters. The van der Waals surface area contributed by atoms with Gasteiger partial charge in [-0.1, -0.05) is 11.2 Å². The number of piperazine rings is 1. The SMILES string of the molecule is CN=C(NCCc1nnc2ccccn12)N1CCN(Cc2ccon2)CC1.I. The molecule has 28 heavy (non-hydrogen) atoms. The van der Waals surface area contributed by atoms with Gasteiger partial charge in [0, 0.05) is 65.0 Å². The summed E-state index contributed by atoms with van der Waals surface area (Å²) in [6.45, 7) is 5.42. The normalized spacial score (nSPS) is 15.6. The molecule has 1 aliphatic rings. The Labute approximate surface area is 180 Å². The zero-order valence-electron chi connectivity index (χ0n) is 15.9. The Bertz CT molecular complexity index is 886. The van der Waals surface area contributed by atoms with Gasteiger partial charge in [0.05, 0.1) is 5.69 Å². The third kappa shape index (κ3) is 4.79. The molecule has 1 saturated heterocycles. The average molecular weight is 496 g/mol. The van der Waals surface area contributed by atoms with E-state index in [1.54, 1.807) is 6.26 Å². The van der Waals surface area contributed by atoms with E-state index in [1.165, 1.54) is 0 Å². The van der Waals surface area contributed by atoms with E-state index in [1.807, 2.05) is 41.9 Å². The first-order valence-corrected chi connectivity index (χ1v) is 9.19. The summed E-state index contributed by atoms with van der Waals surface area (Å²) >= 11 is 0. The molecule has 0 saturated carbocycles. The summed E-state index contributed by atoms with van der Waals surface area (Å²) in [5.41, 5.74) is 1.85. The number of guanidine groups is 1. The van der Waals surface area contributed by atoms with E-state index in [0.717, 1.165) is 68.8 Å². The summed E-state index contributed by atoms with van der Waals surface area (Å²) in [6, 6.07) is 7.84. The molecule has 0 aromatic carbocycles. The van der Waals surface area contributed by atoms with E-state index in [2.05, 4.69) is 35.5 Å². The summed E-state index contributed by atoms with van der Waals surface area (Å²) in [4.78, 5) is 9.11. The molecule has 3 aromatic rings. The van der Waals surface area contributed by atoms with Crippen LogP contribution in [-0.4, -0.2) is 75.3 Å². The Kier molecular flexibility index (Phi) is 7.20. The molecule has 0 aliphatic carbocycles. The van der Waals surface area contributed by atoms with Crippen molar-refractivity contribution in [1.29, 1.82) is 0 Å². The van der Waals surface area contributed by atoms with Crippen LogP contribution >= 0.6 is 24.0 Å². The fraction of sp³-hybridized carbons (Fsp3) is 0.444. The van der Waals surface area contributed by atoms with Crippen LogP contribution in [0.4, 0.5) is 0 Å². The molecular weight excluding hydrogens is 471 g/mol. The molecular formula is C18H25IN8O. The Morgan fingerprint density at radius 3 is 2.79 bits per heavy atom. The van der Waals surface area contributed by atoms with Crippen molar-refractivity contribution in [2.45, 2.75) is 13.0 Å². The van der Waals surface area contributed by atoms with Crippen LogP contribution in [0.3, 0.4) is 0 Å². The van der Waals surface area contributed by atoms with Gasteiger partial charge in [-0.2, -0.15) is 0 Å². The number of nitrogens with zero attached hydrogens (tertiary/aromatic N) is 7. The minimum absolute atomic E-state index is 0. The van der Waals surface area contributed by atoms with Crippen molar-refractivity contribution < 1.29 is 4.52 Å². The van der Waals surface area contributed by atoms with Crippen LogP contribution in [0.1, 0.15) is 11.5 Å². The highest BCUT2D eigenvalue weighted by Gasteiger charge is 2.20. The summed E-state index contributed by atoms with van der Waals surface area (Å²) < 4.78 is 6.93. The minimum Gasteiger partial charge on any atom is -0.364 e. The number of nitrogens with one attached hydrogen (secondary N) is 1. The Hall–Kier alpha value is -2.21. The predicted octanol–water partition coefficient (Wildman–Crippen LogP) is 1.27. The molecule has 4 rings (SSSR count). The summed E-state index contributed by atoms with van der Waals surface area (Å²) in [7, 11) is 1.83. The maximum absolute atomic E-state index is 4.91. The molecule has 9 nitrogen and oxygen atoms in total. The highest BCUT2D eigenvalue weighted by atomic mass is 127. The lowest BCUT2D eigenvalue weighted by molar-refractivity contribution is 0.169. The molecule has 0 bridgehead atoms. The fourth-order valence-corrected chi connectivity index (χ4v) is 3.35. The van der Waals surface area contributed by atoms with Crippen LogP contribution in [0.15, 0.2) is 46.2 Å². The number of pyridine rings is 1. The zero-order valence-corrected chi connectivity index (χ0v) is 18.2. The molecule has 150 valence electrons. The van der Waals surface area contributed by atoms with Crippen LogP contribution in [0.25, 0.3) is 5.65 Å². The Balaban J connectivity index is 0.00000225. The second-order valence-corrected chi connectivity index (χ2v) is 6.52. The van der Waals surface area contributed by atoms with Gasteiger partial charge in [-0.25, -0.2) is 0 Å². The van der Waals surface area contributed by atoms with Crippen molar-refractivity contribution in [2.24, 2.45) is 4.99 Å². The maximum atomic E-state index is 4.91. The summed E-state index contributed by atoms with van der Waals surface area (Å²) in [5, 5.41) is 15.9. The number of hydrogen-bond acceptors (Lipinski definition) is 6. The predicted molar refractivity (Wildman–Crippen MR) is 117 cm³/mol. The largest absolute Gasteiger partial charge is 0.364 e. The van der Waals surface area contributed by atoms with Crippen molar-refractivity contribution >= 4 is 35.6 Å². The van der Waals surface area contributed by atoms with Gasteiger partial charge in [0.25, 0.3) is 0 Å². The number of aliphatic imine (C=N–C) groups is 1. The third-order valence-electron chi connectivity index (χ3n) is 4.78. The molecule has 1 fully saturated rings. The lowest BCUT2D eigenvalue weighted by atomic mass is 10.3. The van der Waals surface area contributed by atoms with Crippen molar-refractivity contribution in [3.63, 3.8) is 0 Å². The van der Waals surface area contributed by atoms with Crippen LogP contribution in [-0.2, 0) is 13.0 Å². The van der Waals surface area contributed by atoms with Crippen molar-refractivity contribution in [2.75, 3.05) is 39.8 Å². The van der Waals surface area contributed by atoms with Gasteiger partial charge in [-0.3, -0.25) is 14.3 Å². The molecule has 4 heterocycles. The molecule has 0 amide bonds. The first-order valence-electron chi connectivity index (χ1n) is 9.19. The van der Waals surface area contributed by atoms with Gasteiger partial charge >= 0.3 is 0 Å². The minimum atomic E-state index is 0. The molecule has 1 N–H and O–H groups in total. The topological polar surface area (TPSA) is 87.1 Å². The number of rotatable bonds is 5. The van der Waals surface area contributed by atoms with Gasteiger partial charge in [0.1, 0.15) is 12.1 Å². The lowest BCUT2D eigenvalue weighted by Gasteiger charge is -2.36. The zero-order chi connectivity index (χ0) is 18.5. The molecule has 3 aromatic heterocycles. The monoisotopic (exact) mass is 496 g/mol. The second kappa shape index (κ2) is 9.82. The van der Waals surface area contributed by atoms with Crippen molar-refractivity contribution in [3.05, 3.63) is 48.2 Å². The lowest BCUT2D eigenvalue weighted by Crippen LogP contribution is -2.52. The number of aromatic nitrogens is 4. The van der Waals surface area contributed by atoms with Crippen LogP contribution in [0, 0.1) is 0 Å². The highest BCUT2D eigenvalue weighted by molar-refractivity contribution is 14.0. The van der Waals surface area contributed by atoms with E-state index >= 15 is 0 Å². The van der Waals surface area contributed by atoms with E-state index in [9.17, 15) is 0 Å². The second-order valence-electron chi connectivity index (χ2n) is 6.52. The molecule has 1 aliphatic heterocycles. The standard InChI is InChI=1S/C18H24N8O.HI/c1-19-18(20-7-5-17-22-21-16-4-2-3-8-26(16)17)25-11-9-24(10-12-25)14-15-6-13-27-23-15;/h2-4,6,8,13H,5,7,9-12,14H2,1H3,(H,19,20);1H. The van der Waals surface area contributed by atoms with Crippen molar-refractivity contribution in [3.8, 4) is 0 Å². The van der Waals surface area contributed by atoms with E-state index < -0.39 is 0 Å². The van der Waals surface area contributed by atoms with E-state index in [-0.39, 0.29) is 24.0 Å². The van der Waals surface area contributed by atoms with Gasteiger partial charge in [0.15, 0.2) is 11.6 Å².